The molecule has 0 spiro atoms. The molecular formula is C13H29N3O. The highest BCUT2D eigenvalue weighted by atomic mass is 16.2. The van der Waals surface area contributed by atoms with Crippen LogP contribution in [0.5, 0.6) is 0 Å². The maximum atomic E-state index is 11.3. The molecule has 0 aromatic carbocycles. The molecule has 0 aromatic rings. The van der Waals surface area contributed by atoms with Gasteiger partial charge in [-0.3, -0.25) is 0 Å². The van der Waals surface area contributed by atoms with Crippen LogP contribution in [-0.4, -0.2) is 32.2 Å². The lowest BCUT2D eigenvalue weighted by Gasteiger charge is -2.07. The van der Waals surface area contributed by atoms with Crippen molar-refractivity contribution in [1.29, 1.82) is 0 Å². The van der Waals surface area contributed by atoms with E-state index in [1.54, 1.807) is 0 Å². The van der Waals surface area contributed by atoms with Gasteiger partial charge in [-0.25, -0.2) is 4.79 Å². The van der Waals surface area contributed by atoms with E-state index in [9.17, 15) is 4.79 Å². The summed E-state index contributed by atoms with van der Waals surface area (Å²) in [5, 5.41) is 9.03. The van der Waals surface area contributed by atoms with Crippen LogP contribution in [0.1, 0.15) is 52.4 Å². The number of hydrogen-bond acceptors (Lipinski definition) is 2. The molecule has 4 heteroatoms. The van der Waals surface area contributed by atoms with Gasteiger partial charge in [-0.05, 0) is 32.4 Å². The predicted molar refractivity (Wildman–Crippen MR) is 73.3 cm³/mol. The second-order valence-electron chi connectivity index (χ2n) is 4.30. The van der Waals surface area contributed by atoms with Gasteiger partial charge in [0.2, 0.25) is 0 Å². The maximum Gasteiger partial charge on any atom is 0.314 e. The minimum atomic E-state index is -0.0221. The van der Waals surface area contributed by atoms with Crippen LogP contribution >= 0.6 is 0 Å². The second-order valence-corrected chi connectivity index (χ2v) is 4.30. The number of hydrogen-bond donors (Lipinski definition) is 3. The van der Waals surface area contributed by atoms with Crippen LogP contribution in [-0.2, 0) is 0 Å². The molecule has 2 amide bonds. The lowest BCUT2D eigenvalue weighted by Crippen LogP contribution is -2.36. The van der Waals surface area contributed by atoms with Crippen molar-refractivity contribution in [2.75, 3.05) is 26.2 Å². The summed E-state index contributed by atoms with van der Waals surface area (Å²) in [5.74, 6) is 0. The Morgan fingerprint density at radius 2 is 1.41 bits per heavy atom. The van der Waals surface area contributed by atoms with E-state index in [0.29, 0.717) is 0 Å². The topological polar surface area (TPSA) is 53.2 Å². The summed E-state index contributed by atoms with van der Waals surface area (Å²) in [5.41, 5.74) is 0. The van der Waals surface area contributed by atoms with Crippen LogP contribution in [0, 0.1) is 0 Å². The number of rotatable bonds is 11. The minimum absolute atomic E-state index is 0.0221. The van der Waals surface area contributed by atoms with Gasteiger partial charge >= 0.3 is 6.03 Å². The van der Waals surface area contributed by atoms with E-state index < -0.39 is 0 Å². The third-order valence-corrected chi connectivity index (χ3v) is 2.63. The quantitative estimate of drug-likeness (QED) is 0.488. The predicted octanol–water partition coefficient (Wildman–Crippen LogP) is 2.26. The van der Waals surface area contributed by atoms with Crippen molar-refractivity contribution in [2.24, 2.45) is 0 Å². The van der Waals surface area contributed by atoms with Crippen molar-refractivity contribution >= 4 is 6.03 Å². The molecule has 0 aliphatic rings. The van der Waals surface area contributed by atoms with Gasteiger partial charge in [0, 0.05) is 13.1 Å². The number of carbonyl (C=O) groups is 1. The number of unbranched alkanes of at least 4 members (excludes halogenated alkanes) is 4. The fraction of sp³-hybridized carbons (Fsp3) is 0.923. The Hall–Kier alpha value is -0.770. The zero-order valence-electron chi connectivity index (χ0n) is 11.5. The maximum absolute atomic E-state index is 11.3. The van der Waals surface area contributed by atoms with Gasteiger partial charge in [-0.2, -0.15) is 0 Å². The Bertz CT molecular complexity index is 174. The molecule has 0 atom stereocenters. The monoisotopic (exact) mass is 243 g/mol. The van der Waals surface area contributed by atoms with Crippen LogP contribution in [0.15, 0.2) is 0 Å². The van der Waals surface area contributed by atoms with E-state index in [1.807, 2.05) is 0 Å². The first-order valence-corrected chi connectivity index (χ1v) is 7.03. The smallest absolute Gasteiger partial charge is 0.314 e. The SMILES string of the molecule is CCCCNC(=O)NCCCCCCNCC. The first-order valence-electron chi connectivity index (χ1n) is 7.03. The first kappa shape index (κ1) is 16.2. The zero-order chi connectivity index (χ0) is 12.8. The van der Waals surface area contributed by atoms with Crippen LogP contribution in [0.25, 0.3) is 0 Å². The number of carbonyl (C=O) groups excluding carboxylic acids is 1. The fourth-order valence-electron chi connectivity index (χ4n) is 1.55. The summed E-state index contributed by atoms with van der Waals surface area (Å²) < 4.78 is 0. The van der Waals surface area contributed by atoms with Gasteiger partial charge in [-0.15, -0.1) is 0 Å². The second kappa shape index (κ2) is 13.3. The van der Waals surface area contributed by atoms with Gasteiger partial charge in [0.05, 0.1) is 0 Å². The third-order valence-electron chi connectivity index (χ3n) is 2.63. The molecule has 0 aliphatic carbocycles. The first-order chi connectivity index (χ1) is 8.31. The van der Waals surface area contributed by atoms with Gasteiger partial charge < -0.3 is 16.0 Å². The molecule has 0 saturated heterocycles. The standard InChI is InChI=1S/C13H29N3O/c1-3-5-11-15-13(17)16-12-9-7-6-8-10-14-4-2/h14H,3-12H2,1-2H3,(H2,15,16,17). The summed E-state index contributed by atoms with van der Waals surface area (Å²) in [6.07, 6.45) is 6.92. The van der Waals surface area contributed by atoms with Crippen molar-refractivity contribution in [3.8, 4) is 0 Å². The Kier molecular flexibility index (Phi) is 12.7. The minimum Gasteiger partial charge on any atom is -0.338 e. The summed E-state index contributed by atoms with van der Waals surface area (Å²) >= 11 is 0. The molecule has 102 valence electrons. The number of amides is 2. The van der Waals surface area contributed by atoms with Crippen LogP contribution in [0.2, 0.25) is 0 Å². The molecule has 17 heavy (non-hydrogen) atoms. The van der Waals surface area contributed by atoms with E-state index >= 15 is 0 Å². The highest BCUT2D eigenvalue weighted by Gasteiger charge is 1.97. The molecule has 0 heterocycles. The summed E-state index contributed by atoms with van der Waals surface area (Å²) in [4.78, 5) is 11.3. The normalized spacial score (nSPS) is 10.2. The van der Waals surface area contributed by atoms with E-state index in [2.05, 4.69) is 29.8 Å². The van der Waals surface area contributed by atoms with E-state index in [1.165, 1.54) is 19.3 Å². The van der Waals surface area contributed by atoms with Gasteiger partial charge in [0.1, 0.15) is 0 Å². The Morgan fingerprint density at radius 1 is 0.824 bits per heavy atom. The zero-order valence-corrected chi connectivity index (χ0v) is 11.5. The molecule has 0 bridgehead atoms. The van der Waals surface area contributed by atoms with Crippen LogP contribution in [0.3, 0.4) is 0 Å². The fourth-order valence-corrected chi connectivity index (χ4v) is 1.55. The van der Waals surface area contributed by atoms with Crippen molar-refractivity contribution in [3.05, 3.63) is 0 Å². The molecule has 0 fully saturated rings. The molecule has 0 aromatic heterocycles. The van der Waals surface area contributed by atoms with Crippen molar-refractivity contribution in [3.63, 3.8) is 0 Å². The Morgan fingerprint density at radius 3 is 2.00 bits per heavy atom. The molecule has 0 aliphatic heterocycles. The van der Waals surface area contributed by atoms with Crippen molar-refractivity contribution < 1.29 is 4.79 Å². The Labute approximate surface area is 106 Å². The van der Waals surface area contributed by atoms with Gasteiger partial charge in [-0.1, -0.05) is 33.1 Å². The lowest BCUT2D eigenvalue weighted by atomic mass is 10.2. The molecule has 3 N–H and O–H groups in total. The summed E-state index contributed by atoms with van der Waals surface area (Å²) in [7, 11) is 0. The Balaban J connectivity index is 3.08. The summed E-state index contributed by atoms with van der Waals surface area (Å²) in [6, 6.07) is -0.0221. The average Bonchev–Trinajstić information content (AvgIpc) is 2.33. The average molecular weight is 243 g/mol. The molecular weight excluding hydrogens is 214 g/mol. The molecule has 4 nitrogen and oxygen atoms in total. The molecule has 0 rings (SSSR count). The van der Waals surface area contributed by atoms with Crippen LogP contribution in [0.4, 0.5) is 4.79 Å². The number of urea groups is 1. The van der Waals surface area contributed by atoms with E-state index in [-0.39, 0.29) is 6.03 Å². The summed E-state index contributed by atoms with van der Waals surface area (Å²) in [6.45, 7) is 7.99. The van der Waals surface area contributed by atoms with Crippen molar-refractivity contribution in [2.45, 2.75) is 52.4 Å². The third kappa shape index (κ3) is 13.2. The number of nitrogens with one attached hydrogen (secondary N) is 3. The highest BCUT2D eigenvalue weighted by Crippen LogP contribution is 1.97. The highest BCUT2D eigenvalue weighted by molar-refractivity contribution is 5.73. The molecule has 0 radical (unpaired) electrons. The van der Waals surface area contributed by atoms with Gasteiger partial charge in [0.25, 0.3) is 0 Å². The van der Waals surface area contributed by atoms with E-state index in [0.717, 1.165) is 45.4 Å². The van der Waals surface area contributed by atoms with Crippen LogP contribution < -0.4 is 16.0 Å². The van der Waals surface area contributed by atoms with E-state index in [4.69, 9.17) is 0 Å². The molecule has 0 saturated carbocycles. The molecule has 0 unspecified atom stereocenters. The van der Waals surface area contributed by atoms with Gasteiger partial charge in [0.15, 0.2) is 0 Å². The van der Waals surface area contributed by atoms with Crippen molar-refractivity contribution in [1.82, 2.24) is 16.0 Å². The lowest BCUT2D eigenvalue weighted by molar-refractivity contribution is 0.240. The largest absolute Gasteiger partial charge is 0.338 e.